The molecular formula is C12H16O6. The smallest absolute Gasteiger partial charge is 0.222 e. The Balaban J connectivity index is 2.37. The molecule has 0 amide bonds. The molecule has 1 aromatic carbocycles. The van der Waals surface area contributed by atoms with E-state index >= 15 is 0 Å². The maximum absolute atomic E-state index is 10.3. The number of aliphatic hydroxyl groups excluding tert-OH is 4. The molecule has 1 fully saturated rings. The highest BCUT2D eigenvalue weighted by molar-refractivity contribution is 5.23. The van der Waals surface area contributed by atoms with Gasteiger partial charge in [-0.1, -0.05) is 30.3 Å². The highest BCUT2D eigenvalue weighted by Crippen LogP contribution is 2.35. The van der Waals surface area contributed by atoms with Gasteiger partial charge in [-0.15, -0.1) is 0 Å². The van der Waals surface area contributed by atoms with E-state index < -0.39 is 36.8 Å². The fourth-order valence-electron chi connectivity index (χ4n) is 2.07. The number of hydrogen-bond donors (Lipinski definition) is 5. The number of ether oxygens (including phenoxy) is 1. The monoisotopic (exact) mass is 256 g/mol. The summed E-state index contributed by atoms with van der Waals surface area (Å²) >= 11 is 0. The lowest BCUT2D eigenvalue weighted by Gasteiger charge is -2.45. The van der Waals surface area contributed by atoms with Gasteiger partial charge >= 0.3 is 0 Å². The Kier molecular flexibility index (Phi) is 3.67. The molecule has 0 radical (unpaired) electrons. The van der Waals surface area contributed by atoms with Crippen molar-refractivity contribution in [2.24, 2.45) is 0 Å². The highest BCUT2D eigenvalue weighted by Gasteiger charge is 2.53. The van der Waals surface area contributed by atoms with Crippen LogP contribution in [0.15, 0.2) is 30.3 Å². The molecule has 0 aliphatic carbocycles. The first-order valence-electron chi connectivity index (χ1n) is 5.61. The van der Waals surface area contributed by atoms with Crippen molar-refractivity contribution in [2.75, 3.05) is 6.61 Å². The Morgan fingerprint density at radius 1 is 1.06 bits per heavy atom. The third-order valence-electron chi connectivity index (χ3n) is 3.15. The van der Waals surface area contributed by atoms with Crippen LogP contribution in [-0.2, 0) is 10.5 Å². The van der Waals surface area contributed by atoms with Gasteiger partial charge < -0.3 is 30.3 Å². The maximum atomic E-state index is 10.3. The molecule has 0 bridgehead atoms. The van der Waals surface area contributed by atoms with Crippen molar-refractivity contribution in [1.29, 1.82) is 0 Å². The Hall–Kier alpha value is -1.02. The molecule has 5 atom stereocenters. The Morgan fingerprint density at radius 3 is 2.22 bits per heavy atom. The van der Waals surface area contributed by atoms with E-state index in [9.17, 15) is 20.4 Å². The van der Waals surface area contributed by atoms with Crippen LogP contribution >= 0.6 is 0 Å². The summed E-state index contributed by atoms with van der Waals surface area (Å²) in [6.45, 7) is -0.583. The standard InChI is InChI=1S/C12H16O6/c13-6-8-9(14)10(15)11(16)12(17,18-8)7-4-2-1-3-5-7/h1-5,8-11,13-17H,6H2/t8-,9-,10+,11+,12+/m1/s1. The van der Waals surface area contributed by atoms with Gasteiger partial charge in [0.2, 0.25) is 5.79 Å². The molecule has 1 aromatic rings. The highest BCUT2D eigenvalue weighted by atomic mass is 16.7. The van der Waals surface area contributed by atoms with Gasteiger partial charge in [-0.25, -0.2) is 0 Å². The Labute approximate surface area is 104 Å². The fraction of sp³-hybridized carbons (Fsp3) is 0.500. The molecule has 0 spiro atoms. The summed E-state index contributed by atoms with van der Waals surface area (Å²) in [5, 5.41) is 48.5. The quantitative estimate of drug-likeness (QED) is 0.431. The van der Waals surface area contributed by atoms with E-state index in [1.165, 1.54) is 12.1 Å². The van der Waals surface area contributed by atoms with Crippen molar-refractivity contribution in [1.82, 2.24) is 0 Å². The van der Waals surface area contributed by atoms with Gasteiger partial charge in [-0.2, -0.15) is 0 Å². The minimum Gasteiger partial charge on any atom is -0.394 e. The van der Waals surface area contributed by atoms with Crippen LogP contribution in [-0.4, -0.2) is 56.6 Å². The average molecular weight is 256 g/mol. The van der Waals surface area contributed by atoms with Gasteiger partial charge in [0.05, 0.1) is 6.61 Å². The first kappa shape index (κ1) is 13.4. The van der Waals surface area contributed by atoms with E-state index in [4.69, 9.17) is 9.84 Å². The van der Waals surface area contributed by atoms with Crippen molar-refractivity contribution in [3.8, 4) is 0 Å². The molecular weight excluding hydrogens is 240 g/mol. The van der Waals surface area contributed by atoms with Gasteiger partial charge in [-0.05, 0) is 0 Å². The Bertz CT molecular complexity index is 395. The molecule has 0 unspecified atom stereocenters. The molecule has 0 aromatic heterocycles. The lowest BCUT2D eigenvalue weighted by Crippen LogP contribution is -2.63. The zero-order chi connectivity index (χ0) is 13.3. The molecule has 100 valence electrons. The molecule has 6 nitrogen and oxygen atoms in total. The van der Waals surface area contributed by atoms with Crippen molar-refractivity contribution in [3.05, 3.63) is 35.9 Å². The number of rotatable bonds is 2. The molecule has 18 heavy (non-hydrogen) atoms. The van der Waals surface area contributed by atoms with Crippen molar-refractivity contribution in [3.63, 3.8) is 0 Å². The van der Waals surface area contributed by atoms with Gasteiger partial charge in [0.15, 0.2) is 0 Å². The predicted molar refractivity (Wildman–Crippen MR) is 60.3 cm³/mol. The Morgan fingerprint density at radius 2 is 1.67 bits per heavy atom. The van der Waals surface area contributed by atoms with Gasteiger partial charge in [0, 0.05) is 5.56 Å². The zero-order valence-electron chi connectivity index (χ0n) is 9.55. The van der Waals surface area contributed by atoms with Crippen LogP contribution in [0.2, 0.25) is 0 Å². The number of benzene rings is 1. The number of aliphatic hydroxyl groups is 5. The van der Waals surface area contributed by atoms with Crippen LogP contribution in [0.5, 0.6) is 0 Å². The minimum atomic E-state index is -2.16. The van der Waals surface area contributed by atoms with Crippen molar-refractivity contribution < 1.29 is 30.3 Å². The van der Waals surface area contributed by atoms with Gasteiger partial charge in [0.25, 0.3) is 0 Å². The topological polar surface area (TPSA) is 110 Å². The minimum absolute atomic E-state index is 0.238. The second-order valence-electron chi connectivity index (χ2n) is 4.33. The summed E-state index contributed by atoms with van der Waals surface area (Å²) in [4.78, 5) is 0. The molecule has 0 saturated carbocycles. The lowest BCUT2D eigenvalue weighted by molar-refractivity contribution is -0.357. The first-order chi connectivity index (χ1) is 8.50. The van der Waals surface area contributed by atoms with E-state index in [1.54, 1.807) is 18.2 Å². The molecule has 1 aliphatic heterocycles. The van der Waals surface area contributed by atoms with Crippen LogP contribution in [0.1, 0.15) is 5.56 Å². The summed E-state index contributed by atoms with van der Waals surface area (Å²) in [6.07, 6.45) is -5.96. The maximum Gasteiger partial charge on any atom is 0.222 e. The summed E-state index contributed by atoms with van der Waals surface area (Å²) in [5.74, 6) is -2.16. The summed E-state index contributed by atoms with van der Waals surface area (Å²) < 4.78 is 5.15. The lowest BCUT2D eigenvalue weighted by atomic mass is 9.88. The van der Waals surface area contributed by atoms with Crippen molar-refractivity contribution in [2.45, 2.75) is 30.2 Å². The first-order valence-corrected chi connectivity index (χ1v) is 5.61. The van der Waals surface area contributed by atoms with Crippen LogP contribution < -0.4 is 0 Å². The van der Waals surface area contributed by atoms with E-state index in [0.29, 0.717) is 0 Å². The molecule has 1 aliphatic rings. The second kappa shape index (κ2) is 4.93. The SMILES string of the molecule is OC[C@H]1O[C@@](O)(c2ccccc2)[C@@H](O)[C@@H](O)[C@@H]1O. The van der Waals surface area contributed by atoms with E-state index in [0.717, 1.165) is 0 Å². The van der Waals surface area contributed by atoms with Crippen molar-refractivity contribution >= 4 is 0 Å². The fourth-order valence-corrected chi connectivity index (χ4v) is 2.07. The molecule has 6 heteroatoms. The molecule has 2 rings (SSSR count). The molecule has 5 N–H and O–H groups in total. The van der Waals surface area contributed by atoms with Crippen LogP contribution in [0, 0.1) is 0 Å². The van der Waals surface area contributed by atoms with Gasteiger partial charge in [-0.3, -0.25) is 0 Å². The van der Waals surface area contributed by atoms with Crippen LogP contribution in [0.3, 0.4) is 0 Å². The average Bonchev–Trinajstić information content (AvgIpc) is 2.41. The van der Waals surface area contributed by atoms with Crippen LogP contribution in [0.25, 0.3) is 0 Å². The number of hydrogen-bond acceptors (Lipinski definition) is 6. The van der Waals surface area contributed by atoms with Crippen LogP contribution in [0.4, 0.5) is 0 Å². The molecule has 1 heterocycles. The third-order valence-corrected chi connectivity index (χ3v) is 3.15. The summed E-state index contributed by atoms with van der Waals surface area (Å²) in [6, 6.07) is 8.02. The van der Waals surface area contributed by atoms with E-state index in [1.807, 2.05) is 0 Å². The second-order valence-corrected chi connectivity index (χ2v) is 4.33. The van der Waals surface area contributed by atoms with Gasteiger partial charge in [0.1, 0.15) is 24.4 Å². The largest absolute Gasteiger partial charge is 0.394 e. The summed E-state index contributed by atoms with van der Waals surface area (Å²) in [5.41, 5.74) is 0.238. The molecule has 1 saturated heterocycles. The zero-order valence-corrected chi connectivity index (χ0v) is 9.55. The predicted octanol–water partition coefficient (Wildman–Crippen LogP) is -1.69. The normalized spacial score (nSPS) is 40.7. The van der Waals surface area contributed by atoms with E-state index in [2.05, 4.69) is 0 Å². The van der Waals surface area contributed by atoms with E-state index in [-0.39, 0.29) is 5.56 Å². The third kappa shape index (κ3) is 2.03. The summed E-state index contributed by atoms with van der Waals surface area (Å²) in [7, 11) is 0.